The van der Waals surface area contributed by atoms with Crippen molar-refractivity contribution < 1.29 is 14.3 Å². The molecule has 2 nitrogen and oxygen atoms in total. The van der Waals surface area contributed by atoms with Crippen molar-refractivity contribution in [2.45, 2.75) is 84.5 Å². The maximum atomic E-state index is 15.4. The lowest BCUT2D eigenvalue weighted by Gasteiger charge is -2.15. The second-order valence-electron chi connectivity index (χ2n) is 9.55. The van der Waals surface area contributed by atoms with E-state index in [4.69, 9.17) is 0 Å². The fourth-order valence-corrected chi connectivity index (χ4v) is 4.63. The molecule has 3 aromatic rings. The molecule has 0 aliphatic heterocycles. The van der Waals surface area contributed by atoms with Gasteiger partial charge in [0.1, 0.15) is 5.82 Å². The summed E-state index contributed by atoms with van der Waals surface area (Å²) in [7, 11) is 0. The van der Waals surface area contributed by atoms with Crippen molar-refractivity contribution in [3.05, 3.63) is 83.2 Å². The molecule has 186 valence electrons. The Labute approximate surface area is 210 Å². The Bertz CT molecular complexity index is 1090. The Balaban J connectivity index is 1.90. The number of carboxylic acid groups (broad SMARTS) is 1. The zero-order chi connectivity index (χ0) is 25.0. The Morgan fingerprint density at radius 3 is 1.83 bits per heavy atom. The molecule has 0 unspecified atom stereocenters. The molecule has 0 atom stereocenters. The summed E-state index contributed by atoms with van der Waals surface area (Å²) in [6.07, 6.45) is 12.7. The molecular formula is C32H39FO2. The van der Waals surface area contributed by atoms with Crippen molar-refractivity contribution in [1.29, 1.82) is 0 Å². The molecule has 35 heavy (non-hydrogen) atoms. The monoisotopic (exact) mass is 474 g/mol. The second-order valence-corrected chi connectivity index (χ2v) is 9.55. The predicted molar refractivity (Wildman–Crippen MR) is 145 cm³/mol. The molecule has 3 aromatic carbocycles. The third-order valence-corrected chi connectivity index (χ3v) is 6.74. The molecule has 3 heteroatoms. The standard InChI is InChI=1S/C32H39FO2/c1-3-5-7-8-9-11-13-24-14-20-28(26-16-18-27(19-17-26)32(34)35)30(22-24)29-21-15-25(23-31(29)33)12-10-6-4-2/h14-23H,3-13H2,1-2H3,(H,34,35). The van der Waals surface area contributed by atoms with E-state index in [9.17, 15) is 9.90 Å². The lowest BCUT2D eigenvalue weighted by Crippen LogP contribution is -1.97. The third-order valence-electron chi connectivity index (χ3n) is 6.74. The molecule has 0 aliphatic carbocycles. The van der Waals surface area contributed by atoms with Crippen molar-refractivity contribution in [1.82, 2.24) is 0 Å². The summed E-state index contributed by atoms with van der Waals surface area (Å²) in [6, 6.07) is 18.8. The van der Waals surface area contributed by atoms with E-state index in [-0.39, 0.29) is 11.4 Å². The minimum atomic E-state index is -0.948. The molecule has 0 aliphatic rings. The van der Waals surface area contributed by atoms with Crippen LogP contribution in [0.4, 0.5) is 4.39 Å². The van der Waals surface area contributed by atoms with Crippen LogP contribution in [0.5, 0.6) is 0 Å². The van der Waals surface area contributed by atoms with Gasteiger partial charge in [0.25, 0.3) is 0 Å². The Kier molecular flexibility index (Phi) is 10.5. The van der Waals surface area contributed by atoms with E-state index in [2.05, 4.69) is 32.0 Å². The zero-order valence-corrected chi connectivity index (χ0v) is 21.3. The van der Waals surface area contributed by atoms with Crippen LogP contribution in [0.1, 0.15) is 93.1 Å². The first kappa shape index (κ1) is 26.7. The van der Waals surface area contributed by atoms with Crippen LogP contribution in [0.2, 0.25) is 0 Å². The van der Waals surface area contributed by atoms with Gasteiger partial charge in [-0.1, -0.05) is 101 Å². The van der Waals surface area contributed by atoms with Crippen LogP contribution in [-0.2, 0) is 12.8 Å². The van der Waals surface area contributed by atoms with E-state index in [0.717, 1.165) is 60.8 Å². The molecule has 0 saturated heterocycles. The van der Waals surface area contributed by atoms with Crippen molar-refractivity contribution in [3.63, 3.8) is 0 Å². The molecule has 0 spiro atoms. The molecule has 0 radical (unpaired) electrons. The van der Waals surface area contributed by atoms with E-state index >= 15 is 4.39 Å². The van der Waals surface area contributed by atoms with Crippen LogP contribution in [0, 0.1) is 5.82 Å². The quantitative estimate of drug-likeness (QED) is 0.236. The summed E-state index contributed by atoms with van der Waals surface area (Å²) in [5.41, 5.74) is 5.79. The average molecular weight is 475 g/mol. The van der Waals surface area contributed by atoms with E-state index in [1.807, 2.05) is 24.3 Å². The van der Waals surface area contributed by atoms with E-state index in [1.54, 1.807) is 18.2 Å². The minimum Gasteiger partial charge on any atom is -0.478 e. The maximum absolute atomic E-state index is 15.4. The fraction of sp³-hybridized carbons (Fsp3) is 0.406. The molecule has 0 heterocycles. The summed E-state index contributed by atoms with van der Waals surface area (Å²) in [6.45, 7) is 4.40. The smallest absolute Gasteiger partial charge is 0.335 e. The summed E-state index contributed by atoms with van der Waals surface area (Å²) in [5, 5.41) is 9.26. The van der Waals surface area contributed by atoms with E-state index < -0.39 is 5.97 Å². The molecule has 0 saturated carbocycles. The highest BCUT2D eigenvalue weighted by Gasteiger charge is 2.14. The highest BCUT2D eigenvalue weighted by Crippen LogP contribution is 2.35. The van der Waals surface area contributed by atoms with Gasteiger partial charge in [0.05, 0.1) is 5.56 Å². The number of carbonyl (C=O) groups is 1. The van der Waals surface area contributed by atoms with Gasteiger partial charge in [-0.15, -0.1) is 0 Å². The molecule has 3 rings (SSSR count). The van der Waals surface area contributed by atoms with Gasteiger partial charge < -0.3 is 5.11 Å². The first-order valence-electron chi connectivity index (χ1n) is 13.3. The molecular weight excluding hydrogens is 435 g/mol. The molecule has 0 bridgehead atoms. The highest BCUT2D eigenvalue weighted by molar-refractivity contribution is 5.90. The summed E-state index contributed by atoms with van der Waals surface area (Å²) in [4.78, 5) is 11.3. The molecule has 1 N–H and O–H groups in total. The molecule has 0 amide bonds. The fourth-order valence-electron chi connectivity index (χ4n) is 4.63. The minimum absolute atomic E-state index is 0.195. The number of aryl methyl sites for hydroxylation is 2. The molecule has 0 aromatic heterocycles. The third kappa shape index (κ3) is 7.78. The first-order chi connectivity index (χ1) is 17.0. The van der Waals surface area contributed by atoms with Crippen molar-refractivity contribution in [2.24, 2.45) is 0 Å². The van der Waals surface area contributed by atoms with Crippen LogP contribution in [-0.4, -0.2) is 11.1 Å². The number of rotatable bonds is 14. The van der Waals surface area contributed by atoms with Crippen LogP contribution in [0.25, 0.3) is 22.3 Å². The number of hydrogen-bond donors (Lipinski definition) is 1. The number of halogens is 1. The number of unbranched alkanes of at least 4 members (excludes halogenated alkanes) is 7. The van der Waals surface area contributed by atoms with Crippen LogP contribution < -0.4 is 0 Å². The largest absolute Gasteiger partial charge is 0.478 e. The van der Waals surface area contributed by atoms with Gasteiger partial charge in [0, 0.05) is 5.56 Å². The summed E-state index contributed by atoms with van der Waals surface area (Å²) < 4.78 is 15.4. The highest BCUT2D eigenvalue weighted by atomic mass is 19.1. The Hall–Kier alpha value is -2.94. The van der Waals surface area contributed by atoms with E-state index in [1.165, 1.54) is 37.7 Å². The van der Waals surface area contributed by atoms with Crippen molar-refractivity contribution in [2.75, 3.05) is 0 Å². The number of carboxylic acids is 1. The zero-order valence-electron chi connectivity index (χ0n) is 21.3. The predicted octanol–water partition coefficient (Wildman–Crippen LogP) is 9.49. The second kappa shape index (κ2) is 13.8. The number of hydrogen-bond acceptors (Lipinski definition) is 1. The van der Waals surface area contributed by atoms with Crippen molar-refractivity contribution in [3.8, 4) is 22.3 Å². The number of aromatic carboxylic acids is 1. The van der Waals surface area contributed by atoms with Crippen LogP contribution in [0.15, 0.2) is 60.7 Å². The topological polar surface area (TPSA) is 37.3 Å². The summed E-state index contributed by atoms with van der Waals surface area (Å²) >= 11 is 0. The van der Waals surface area contributed by atoms with E-state index in [0.29, 0.717) is 5.56 Å². The lowest BCUT2D eigenvalue weighted by molar-refractivity contribution is 0.0697. The SMILES string of the molecule is CCCCCCCCc1ccc(-c2ccc(C(=O)O)cc2)c(-c2ccc(CCCCC)cc2F)c1. The summed E-state index contributed by atoms with van der Waals surface area (Å²) in [5.74, 6) is -1.14. The van der Waals surface area contributed by atoms with Gasteiger partial charge >= 0.3 is 5.97 Å². The van der Waals surface area contributed by atoms with Crippen LogP contribution >= 0.6 is 0 Å². The lowest BCUT2D eigenvalue weighted by atomic mass is 9.90. The van der Waals surface area contributed by atoms with Gasteiger partial charge in [-0.3, -0.25) is 0 Å². The van der Waals surface area contributed by atoms with Crippen molar-refractivity contribution >= 4 is 5.97 Å². The molecule has 0 fully saturated rings. The maximum Gasteiger partial charge on any atom is 0.335 e. The first-order valence-corrected chi connectivity index (χ1v) is 13.3. The normalized spacial score (nSPS) is 11.1. The Morgan fingerprint density at radius 1 is 0.657 bits per heavy atom. The van der Waals surface area contributed by atoms with Gasteiger partial charge in [-0.2, -0.15) is 0 Å². The number of benzene rings is 3. The Morgan fingerprint density at radius 2 is 1.20 bits per heavy atom. The van der Waals surface area contributed by atoms with Gasteiger partial charge in [0.2, 0.25) is 0 Å². The van der Waals surface area contributed by atoms with Gasteiger partial charge in [-0.05, 0) is 71.7 Å². The van der Waals surface area contributed by atoms with Gasteiger partial charge in [-0.25, -0.2) is 9.18 Å². The van der Waals surface area contributed by atoms with Crippen LogP contribution in [0.3, 0.4) is 0 Å². The average Bonchev–Trinajstić information content (AvgIpc) is 2.86. The van der Waals surface area contributed by atoms with Gasteiger partial charge in [0.15, 0.2) is 0 Å².